The summed E-state index contributed by atoms with van der Waals surface area (Å²) >= 11 is 5.76. The van der Waals surface area contributed by atoms with Crippen LogP contribution in [0.3, 0.4) is 0 Å². The van der Waals surface area contributed by atoms with Crippen LogP contribution in [0.25, 0.3) is 0 Å². The molecular weight excluding hydrogens is 270 g/mol. The lowest BCUT2D eigenvalue weighted by molar-refractivity contribution is -0.384. The van der Waals surface area contributed by atoms with Gasteiger partial charge in [0, 0.05) is 18.3 Å². The van der Waals surface area contributed by atoms with Crippen LogP contribution >= 0.6 is 11.6 Å². The largest absolute Gasteiger partial charge is 0.330 e. The van der Waals surface area contributed by atoms with E-state index >= 15 is 0 Å². The molecule has 0 bridgehead atoms. The van der Waals surface area contributed by atoms with Crippen LogP contribution in [0.1, 0.15) is 19.8 Å². The predicted octanol–water partition coefficient (Wildman–Crippen LogP) is 2.56. The number of hydrogen-bond acceptors (Lipinski definition) is 4. The van der Waals surface area contributed by atoms with E-state index in [1.807, 2.05) is 6.92 Å². The Morgan fingerprint density at radius 2 is 2.26 bits per heavy atom. The lowest BCUT2D eigenvalue weighted by Gasteiger charge is -2.13. The zero-order chi connectivity index (χ0) is 14.4. The van der Waals surface area contributed by atoms with Gasteiger partial charge in [0.2, 0.25) is 5.91 Å². The second-order valence-corrected chi connectivity index (χ2v) is 4.54. The molecule has 0 spiro atoms. The highest BCUT2D eigenvalue weighted by Crippen LogP contribution is 2.27. The molecule has 0 saturated carbocycles. The first-order valence-corrected chi connectivity index (χ1v) is 6.32. The number of nitrogens with two attached hydrogens (primary N) is 1. The van der Waals surface area contributed by atoms with Gasteiger partial charge in [-0.05, 0) is 18.6 Å². The molecule has 3 N–H and O–H groups in total. The smallest absolute Gasteiger partial charge is 0.288 e. The average Bonchev–Trinajstić information content (AvgIpc) is 2.35. The summed E-state index contributed by atoms with van der Waals surface area (Å²) in [4.78, 5) is 21.9. The monoisotopic (exact) mass is 285 g/mol. The Bertz CT molecular complexity index is 479. The third kappa shape index (κ3) is 4.18. The minimum Gasteiger partial charge on any atom is -0.330 e. The Morgan fingerprint density at radius 3 is 2.74 bits per heavy atom. The first-order chi connectivity index (χ1) is 8.99. The van der Waals surface area contributed by atoms with Crippen LogP contribution in [-0.4, -0.2) is 17.4 Å². The lowest BCUT2D eigenvalue weighted by Crippen LogP contribution is -2.29. The maximum atomic E-state index is 11.9. The Kier molecular flexibility index (Phi) is 5.72. The number of halogens is 1. The van der Waals surface area contributed by atoms with Crippen molar-refractivity contribution in [2.45, 2.75) is 19.8 Å². The Morgan fingerprint density at radius 1 is 1.58 bits per heavy atom. The molecule has 1 atom stereocenters. The second-order valence-electron chi connectivity index (χ2n) is 4.13. The van der Waals surface area contributed by atoms with Crippen molar-refractivity contribution in [3.63, 3.8) is 0 Å². The van der Waals surface area contributed by atoms with Gasteiger partial charge in [-0.25, -0.2) is 0 Å². The number of nitrogens with one attached hydrogen (secondary N) is 1. The first kappa shape index (κ1) is 15.4. The standard InChI is InChI=1S/C12H16ClN3O3/c1-2-3-8(7-14)12(17)15-9-4-5-11(16(18)19)10(13)6-9/h4-6,8H,2-3,7,14H2,1H3,(H,15,17). The molecule has 1 aromatic rings. The van der Waals surface area contributed by atoms with Gasteiger partial charge in [-0.1, -0.05) is 24.9 Å². The van der Waals surface area contributed by atoms with Gasteiger partial charge < -0.3 is 11.1 Å². The number of anilines is 1. The Balaban J connectivity index is 2.80. The van der Waals surface area contributed by atoms with Crippen molar-refractivity contribution in [1.82, 2.24) is 0 Å². The van der Waals surface area contributed by atoms with E-state index in [0.717, 1.165) is 6.42 Å². The van der Waals surface area contributed by atoms with E-state index in [2.05, 4.69) is 5.32 Å². The summed E-state index contributed by atoms with van der Waals surface area (Å²) in [6, 6.07) is 4.06. The maximum absolute atomic E-state index is 11.9. The molecule has 0 heterocycles. The number of carbonyl (C=O) groups is 1. The molecule has 104 valence electrons. The van der Waals surface area contributed by atoms with Gasteiger partial charge in [0.1, 0.15) is 5.02 Å². The van der Waals surface area contributed by atoms with Crippen LogP contribution in [0, 0.1) is 16.0 Å². The van der Waals surface area contributed by atoms with Crippen LogP contribution in [0.4, 0.5) is 11.4 Å². The summed E-state index contributed by atoms with van der Waals surface area (Å²) in [5.74, 6) is -0.465. The summed E-state index contributed by atoms with van der Waals surface area (Å²) in [6.45, 7) is 2.24. The first-order valence-electron chi connectivity index (χ1n) is 5.94. The lowest BCUT2D eigenvalue weighted by atomic mass is 10.0. The maximum Gasteiger partial charge on any atom is 0.288 e. The molecule has 7 heteroatoms. The van der Waals surface area contributed by atoms with E-state index in [1.54, 1.807) is 0 Å². The number of nitro benzene ring substituents is 1. The molecule has 1 unspecified atom stereocenters. The number of amides is 1. The zero-order valence-corrected chi connectivity index (χ0v) is 11.3. The molecule has 6 nitrogen and oxygen atoms in total. The summed E-state index contributed by atoms with van der Waals surface area (Å²) in [5.41, 5.74) is 5.77. The van der Waals surface area contributed by atoms with E-state index in [0.29, 0.717) is 12.1 Å². The molecule has 0 aliphatic heterocycles. The van der Waals surface area contributed by atoms with Crippen LogP contribution < -0.4 is 11.1 Å². The Labute approximate surface area is 116 Å². The molecule has 0 aliphatic rings. The number of hydrogen-bond donors (Lipinski definition) is 2. The summed E-state index contributed by atoms with van der Waals surface area (Å²) in [5, 5.41) is 13.3. The van der Waals surface area contributed by atoms with E-state index < -0.39 is 4.92 Å². The minimum atomic E-state index is -0.576. The zero-order valence-electron chi connectivity index (χ0n) is 10.6. The molecule has 1 amide bonds. The van der Waals surface area contributed by atoms with Gasteiger partial charge in [0.05, 0.1) is 10.8 Å². The Hall–Kier alpha value is -1.66. The van der Waals surface area contributed by atoms with Crippen LogP contribution in [0.15, 0.2) is 18.2 Å². The van der Waals surface area contributed by atoms with Gasteiger partial charge in [0.25, 0.3) is 5.69 Å². The number of nitro groups is 1. The number of rotatable bonds is 6. The van der Waals surface area contributed by atoms with Crippen LogP contribution in [0.2, 0.25) is 5.02 Å². The third-order valence-corrected chi connectivity index (χ3v) is 3.01. The van der Waals surface area contributed by atoms with Crippen LogP contribution in [0.5, 0.6) is 0 Å². The normalized spacial score (nSPS) is 11.9. The van der Waals surface area contributed by atoms with Crippen molar-refractivity contribution < 1.29 is 9.72 Å². The highest BCUT2D eigenvalue weighted by atomic mass is 35.5. The quantitative estimate of drug-likeness (QED) is 0.620. The third-order valence-electron chi connectivity index (χ3n) is 2.70. The van der Waals surface area contributed by atoms with Crippen molar-refractivity contribution >= 4 is 28.9 Å². The van der Waals surface area contributed by atoms with Gasteiger partial charge in [-0.2, -0.15) is 0 Å². The topological polar surface area (TPSA) is 98.3 Å². The molecule has 0 aliphatic carbocycles. The molecule has 1 rings (SSSR count). The predicted molar refractivity (Wildman–Crippen MR) is 74.2 cm³/mol. The van der Waals surface area contributed by atoms with E-state index in [-0.39, 0.29) is 29.1 Å². The minimum absolute atomic E-state index is 0.0115. The summed E-state index contributed by atoms with van der Waals surface area (Å²) in [7, 11) is 0. The van der Waals surface area contributed by atoms with Crippen LogP contribution in [-0.2, 0) is 4.79 Å². The molecule has 19 heavy (non-hydrogen) atoms. The molecule has 0 fully saturated rings. The number of carbonyl (C=O) groups excluding carboxylic acids is 1. The SMILES string of the molecule is CCCC(CN)C(=O)Nc1ccc([N+](=O)[O-])c(Cl)c1. The van der Waals surface area contributed by atoms with E-state index in [9.17, 15) is 14.9 Å². The molecular formula is C12H16ClN3O3. The molecule has 0 radical (unpaired) electrons. The summed E-state index contributed by atoms with van der Waals surface area (Å²) in [6.07, 6.45) is 1.55. The molecule has 0 aromatic heterocycles. The molecule has 1 aromatic carbocycles. The van der Waals surface area contributed by atoms with Gasteiger partial charge in [-0.15, -0.1) is 0 Å². The van der Waals surface area contributed by atoms with Crippen molar-refractivity contribution in [1.29, 1.82) is 0 Å². The van der Waals surface area contributed by atoms with Gasteiger partial charge >= 0.3 is 0 Å². The number of benzene rings is 1. The van der Waals surface area contributed by atoms with Crippen molar-refractivity contribution in [3.05, 3.63) is 33.3 Å². The van der Waals surface area contributed by atoms with E-state index in [4.69, 9.17) is 17.3 Å². The summed E-state index contributed by atoms with van der Waals surface area (Å²) < 4.78 is 0. The fourth-order valence-electron chi connectivity index (χ4n) is 1.68. The second kappa shape index (κ2) is 7.06. The van der Waals surface area contributed by atoms with Crippen molar-refractivity contribution in [2.24, 2.45) is 11.7 Å². The van der Waals surface area contributed by atoms with E-state index in [1.165, 1.54) is 18.2 Å². The fraction of sp³-hybridized carbons (Fsp3) is 0.417. The highest BCUT2D eigenvalue weighted by molar-refractivity contribution is 6.33. The van der Waals surface area contributed by atoms with Crippen molar-refractivity contribution in [2.75, 3.05) is 11.9 Å². The van der Waals surface area contributed by atoms with Crippen molar-refractivity contribution in [3.8, 4) is 0 Å². The molecule has 0 saturated heterocycles. The fourth-order valence-corrected chi connectivity index (χ4v) is 1.93. The highest BCUT2D eigenvalue weighted by Gasteiger charge is 2.17. The number of nitrogens with zero attached hydrogens (tertiary/aromatic N) is 1. The van der Waals surface area contributed by atoms with Gasteiger partial charge in [-0.3, -0.25) is 14.9 Å². The van der Waals surface area contributed by atoms with Gasteiger partial charge in [0.15, 0.2) is 0 Å². The average molecular weight is 286 g/mol.